The molecule has 8 heteroatoms. The van der Waals surface area contributed by atoms with Crippen molar-refractivity contribution in [1.82, 2.24) is 5.16 Å². The van der Waals surface area contributed by atoms with Gasteiger partial charge in [0.25, 0.3) is 0 Å². The lowest BCUT2D eigenvalue weighted by molar-refractivity contribution is 0.319. The van der Waals surface area contributed by atoms with Crippen LogP contribution in [0.4, 0.5) is 0 Å². The number of phenols is 1. The van der Waals surface area contributed by atoms with E-state index < -0.39 is 0 Å². The van der Waals surface area contributed by atoms with Crippen molar-refractivity contribution in [2.24, 2.45) is 10.9 Å². The number of hydrogen-bond donors (Lipinski definition) is 3. The number of aryl methyl sites for hydroxylation is 2. The second-order valence-corrected chi connectivity index (χ2v) is 6.49. The van der Waals surface area contributed by atoms with Gasteiger partial charge < -0.3 is 20.6 Å². The highest BCUT2D eigenvalue weighted by Gasteiger charge is 2.24. The van der Waals surface area contributed by atoms with E-state index in [2.05, 4.69) is 10.3 Å². The van der Waals surface area contributed by atoms with Crippen molar-refractivity contribution in [1.29, 1.82) is 0 Å². The van der Waals surface area contributed by atoms with E-state index in [0.717, 1.165) is 22.3 Å². The Morgan fingerprint density at radius 3 is 2.67 bits per heavy atom. The molecular formula is C16H14ClN3O3S. The standard InChI is InChI=1S/C16H14ClN3O3S/c1-7-13(8(2)23-20-7)14-10(6-24-15(14)16(18)19-22)9-3-4-12(21)11(17)5-9/h3-6,21-22H,1-2H3,(H2,18,19). The number of thiophene rings is 1. The number of oxime groups is 1. The van der Waals surface area contributed by atoms with Gasteiger partial charge in [-0.05, 0) is 36.9 Å². The summed E-state index contributed by atoms with van der Waals surface area (Å²) < 4.78 is 5.27. The van der Waals surface area contributed by atoms with E-state index in [0.29, 0.717) is 16.3 Å². The lowest BCUT2D eigenvalue weighted by atomic mass is 9.95. The molecule has 1 aromatic carbocycles. The number of phenolic OH excluding ortho intramolecular Hbond substituents is 1. The summed E-state index contributed by atoms with van der Waals surface area (Å²) >= 11 is 7.37. The van der Waals surface area contributed by atoms with Crippen LogP contribution >= 0.6 is 22.9 Å². The van der Waals surface area contributed by atoms with Crippen molar-refractivity contribution in [3.8, 4) is 28.0 Å². The van der Waals surface area contributed by atoms with Crippen LogP contribution in [0.5, 0.6) is 5.75 Å². The van der Waals surface area contributed by atoms with E-state index in [4.69, 9.17) is 27.1 Å². The Hall–Kier alpha value is -2.51. The Morgan fingerprint density at radius 1 is 1.33 bits per heavy atom. The minimum absolute atomic E-state index is 0.00567. The monoisotopic (exact) mass is 363 g/mol. The fourth-order valence-corrected chi connectivity index (χ4v) is 3.73. The lowest BCUT2D eigenvalue weighted by Crippen LogP contribution is -2.12. The van der Waals surface area contributed by atoms with Crippen molar-refractivity contribution in [3.05, 3.63) is 44.9 Å². The first-order chi connectivity index (χ1) is 11.4. The van der Waals surface area contributed by atoms with Gasteiger partial charge in [-0.1, -0.05) is 28.0 Å². The molecule has 0 aliphatic carbocycles. The van der Waals surface area contributed by atoms with Gasteiger partial charge >= 0.3 is 0 Å². The summed E-state index contributed by atoms with van der Waals surface area (Å²) in [4.78, 5) is 0.603. The van der Waals surface area contributed by atoms with E-state index in [1.54, 1.807) is 19.1 Å². The minimum atomic E-state index is 0.00567. The van der Waals surface area contributed by atoms with Crippen LogP contribution < -0.4 is 5.73 Å². The first-order valence-corrected chi connectivity index (χ1v) is 8.21. The molecule has 0 saturated heterocycles. The molecule has 0 fully saturated rings. The predicted molar refractivity (Wildman–Crippen MR) is 93.9 cm³/mol. The fraction of sp³-hybridized carbons (Fsp3) is 0.125. The van der Waals surface area contributed by atoms with E-state index >= 15 is 0 Å². The molecule has 124 valence electrons. The summed E-state index contributed by atoms with van der Waals surface area (Å²) in [7, 11) is 0. The summed E-state index contributed by atoms with van der Waals surface area (Å²) in [5, 5.41) is 28.0. The third-order valence-corrected chi connectivity index (χ3v) is 4.98. The molecule has 0 spiro atoms. The largest absolute Gasteiger partial charge is 0.506 e. The average molecular weight is 364 g/mol. The van der Waals surface area contributed by atoms with Gasteiger partial charge in [0.15, 0.2) is 5.84 Å². The van der Waals surface area contributed by atoms with Crippen molar-refractivity contribution < 1.29 is 14.8 Å². The summed E-state index contributed by atoms with van der Waals surface area (Å²) in [6.07, 6.45) is 0. The van der Waals surface area contributed by atoms with Crippen LogP contribution in [0.2, 0.25) is 5.02 Å². The summed E-state index contributed by atoms with van der Waals surface area (Å²) in [6, 6.07) is 4.94. The maximum atomic E-state index is 9.64. The molecule has 3 rings (SSSR count). The van der Waals surface area contributed by atoms with Gasteiger partial charge in [0.1, 0.15) is 11.5 Å². The number of aromatic hydroxyl groups is 1. The number of benzene rings is 1. The molecule has 0 bridgehead atoms. The highest BCUT2D eigenvalue weighted by atomic mass is 35.5. The molecular weight excluding hydrogens is 350 g/mol. The van der Waals surface area contributed by atoms with Crippen LogP contribution in [0, 0.1) is 13.8 Å². The predicted octanol–water partition coefficient (Wildman–Crippen LogP) is 4.14. The summed E-state index contributed by atoms with van der Waals surface area (Å²) in [5.74, 6) is 0.640. The zero-order valence-electron chi connectivity index (χ0n) is 12.9. The topological polar surface area (TPSA) is 105 Å². The van der Waals surface area contributed by atoms with Gasteiger partial charge in [0, 0.05) is 16.7 Å². The average Bonchev–Trinajstić information content (AvgIpc) is 3.12. The molecule has 6 nitrogen and oxygen atoms in total. The fourth-order valence-electron chi connectivity index (χ4n) is 2.57. The van der Waals surface area contributed by atoms with E-state index in [1.165, 1.54) is 17.4 Å². The molecule has 0 atom stereocenters. The third kappa shape index (κ3) is 2.61. The number of rotatable bonds is 3. The maximum Gasteiger partial charge on any atom is 0.180 e. The minimum Gasteiger partial charge on any atom is -0.506 e. The van der Waals surface area contributed by atoms with Gasteiger partial charge in [-0.2, -0.15) is 0 Å². The highest BCUT2D eigenvalue weighted by molar-refractivity contribution is 7.13. The Kier molecular flexibility index (Phi) is 4.21. The molecule has 0 unspecified atom stereocenters. The van der Waals surface area contributed by atoms with Crippen molar-refractivity contribution >= 4 is 28.8 Å². The van der Waals surface area contributed by atoms with Crippen LogP contribution in [0.1, 0.15) is 16.3 Å². The Balaban J connectivity index is 2.32. The van der Waals surface area contributed by atoms with Crippen LogP contribution in [0.25, 0.3) is 22.3 Å². The summed E-state index contributed by atoms with van der Waals surface area (Å²) in [6.45, 7) is 3.63. The first-order valence-electron chi connectivity index (χ1n) is 6.95. The molecule has 4 N–H and O–H groups in total. The van der Waals surface area contributed by atoms with E-state index in [9.17, 15) is 5.11 Å². The molecule has 0 aliphatic rings. The van der Waals surface area contributed by atoms with Crippen molar-refractivity contribution in [2.45, 2.75) is 13.8 Å². The maximum absolute atomic E-state index is 9.64. The van der Waals surface area contributed by atoms with Crippen LogP contribution in [0.3, 0.4) is 0 Å². The molecule has 2 aromatic heterocycles. The Morgan fingerprint density at radius 2 is 2.08 bits per heavy atom. The second-order valence-electron chi connectivity index (χ2n) is 5.20. The van der Waals surface area contributed by atoms with Crippen LogP contribution in [-0.4, -0.2) is 21.3 Å². The molecule has 24 heavy (non-hydrogen) atoms. The molecule has 0 aliphatic heterocycles. The van der Waals surface area contributed by atoms with Gasteiger partial charge in [0.2, 0.25) is 0 Å². The van der Waals surface area contributed by atoms with E-state index in [-0.39, 0.29) is 16.6 Å². The Bertz CT molecular complexity index is 927. The van der Waals surface area contributed by atoms with Crippen molar-refractivity contribution in [3.63, 3.8) is 0 Å². The highest BCUT2D eigenvalue weighted by Crippen LogP contribution is 2.43. The van der Waals surface area contributed by atoms with Crippen LogP contribution in [-0.2, 0) is 0 Å². The number of nitrogens with zero attached hydrogens (tertiary/aromatic N) is 2. The molecule has 0 amide bonds. The smallest absolute Gasteiger partial charge is 0.180 e. The first kappa shape index (κ1) is 16.4. The number of aromatic nitrogens is 1. The molecule has 0 saturated carbocycles. The van der Waals surface area contributed by atoms with E-state index in [1.807, 2.05) is 12.3 Å². The quantitative estimate of drug-likeness (QED) is 0.281. The van der Waals surface area contributed by atoms with Gasteiger partial charge in [-0.25, -0.2) is 0 Å². The lowest BCUT2D eigenvalue weighted by Gasteiger charge is -2.08. The second kappa shape index (κ2) is 6.18. The normalized spacial score (nSPS) is 11.9. The number of hydrogen-bond acceptors (Lipinski definition) is 6. The van der Waals surface area contributed by atoms with Gasteiger partial charge in [0.05, 0.1) is 15.6 Å². The number of nitrogens with two attached hydrogens (primary N) is 1. The molecule has 3 aromatic rings. The summed E-state index contributed by atoms with van der Waals surface area (Å²) in [5.41, 5.74) is 9.71. The SMILES string of the molecule is Cc1noc(C)c1-c1c(-c2ccc(O)c(Cl)c2)csc1/C(N)=N/O. The van der Waals surface area contributed by atoms with Gasteiger partial charge in [-0.3, -0.25) is 0 Å². The van der Waals surface area contributed by atoms with Gasteiger partial charge in [-0.15, -0.1) is 11.3 Å². The number of halogens is 1. The molecule has 2 heterocycles. The van der Waals surface area contributed by atoms with Crippen molar-refractivity contribution in [2.75, 3.05) is 0 Å². The zero-order chi connectivity index (χ0) is 17.4. The third-order valence-electron chi connectivity index (χ3n) is 3.67. The molecule has 0 radical (unpaired) electrons. The number of amidine groups is 1. The van der Waals surface area contributed by atoms with Crippen LogP contribution in [0.15, 0.2) is 33.3 Å². The Labute approximate surface area is 146 Å². The zero-order valence-corrected chi connectivity index (χ0v) is 14.4.